The molecule has 3 N–H and O–H groups in total. The number of hydrogen-bond donors (Lipinski definition) is 2. The van der Waals surface area contributed by atoms with E-state index < -0.39 is 5.91 Å². The first-order valence-corrected chi connectivity index (χ1v) is 5.95. The van der Waals surface area contributed by atoms with Crippen molar-refractivity contribution < 1.29 is 9.18 Å². The summed E-state index contributed by atoms with van der Waals surface area (Å²) in [5.74, 6) is -0.727. The Morgan fingerprint density at radius 3 is 2.79 bits per heavy atom. The molecule has 19 heavy (non-hydrogen) atoms. The summed E-state index contributed by atoms with van der Waals surface area (Å²) < 4.78 is 13.6. The second-order valence-corrected chi connectivity index (χ2v) is 4.39. The van der Waals surface area contributed by atoms with Gasteiger partial charge in [-0.25, -0.2) is 4.39 Å². The second kappa shape index (κ2) is 5.52. The Hall–Kier alpha value is -2.36. The third-order valence-electron chi connectivity index (χ3n) is 2.83. The summed E-state index contributed by atoms with van der Waals surface area (Å²) in [5, 5.41) is 3.08. The number of hydrogen-bond acceptors (Lipinski definition) is 2. The summed E-state index contributed by atoms with van der Waals surface area (Å²) in [7, 11) is 0. The zero-order valence-electron chi connectivity index (χ0n) is 10.6. The van der Waals surface area contributed by atoms with Gasteiger partial charge in [-0.2, -0.15) is 0 Å². The number of nitrogens with one attached hydrogen (secondary N) is 1. The van der Waals surface area contributed by atoms with Crippen LogP contribution in [-0.2, 0) is 6.54 Å². The Labute approximate surface area is 111 Å². The molecule has 0 aliphatic carbocycles. The average Bonchev–Trinajstić information content (AvgIpc) is 2.40. The molecule has 98 valence electrons. The highest BCUT2D eigenvalue weighted by atomic mass is 19.1. The Kier molecular flexibility index (Phi) is 3.80. The molecule has 0 heterocycles. The molecule has 3 nitrogen and oxygen atoms in total. The maximum Gasteiger partial charge on any atom is 0.248 e. The Balaban J connectivity index is 2.12. The molecule has 2 aromatic rings. The van der Waals surface area contributed by atoms with Gasteiger partial charge in [0.15, 0.2) is 0 Å². The molecular weight excluding hydrogens is 243 g/mol. The third kappa shape index (κ3) is 3.31. The molecular formula is C15H15FN2O. The first kappa shape index (κ1) is 13.1. The van der Waals surface area contributed by atoms with E-state index in [9.17, 15) is 9.18 Å². The molecule has 0 unspecified atom stereocenters. The Morgan fingerprint density at radius 1 is 1.26 bits per heavy atom. The van der Waals surface area contributed by atoms with Gasteiger partial charge in [0.1, 0.15) is 5.82 Å². The molecule has 1 amide bonds. The molecule has 0 aliphatic heterocycles. The molecule has 0 aliphatic rings. The Morgan fingerprint density at radius 2 is 2.05 bits per heavy atom. The smallest absolute Gasteiger partial charge is 0.248 e. The van der Waals surface area contributed by atoms with Gasteiger partial charge in [0, 0.05) is 23.4 Å². The van der Waals surface area contributed by atoms with Crippen LogP contribution in [0.5, 0.6) is 0 Å². The van der Waals surface area contributed by atoms with Crippen molar-refractivity contribution in [1.29, 1.82) is 0 Å². The molecule has 2 rings (SSSR count). The van der Waals surface area contributed by atoms with E-state index in [1.165, 1.54) is 6.07 Å². The van der Waals surface area contributed by atoms with Gasteiger partial charge < -0.3 is 11.1 Å². The van der Waals surface area contributed by atoms with Crippen molar-refractivity contribution in [1.82, 2.24) is 0 Å². The number of aryl methyl sites for hydroxylation is 1. The van der Waals surface area contributed by atoms with E-state index in [2.05, 4.69) is 5.32 Å². The maximum absolute atomic E-state index is 13.6. The minimum Gasteiger partial charge on any atom is -0.381 e. The van der Waals surface area contributed by atoms with Crippen molar-refractivity contribution in [3.05, 3.63) is 65.0 Å². The van der Waals surface area contributed by atoms with Crippen LogP contribution in [0.25, 0.3) is 0 Å². The van der Waals surface area contributed by atoms with Crippen LogP contribution in [0.4, 0.5) is 10.1 Å². The van der Waals surface area contributed by atoms with Gasteiger partial charge in [0.2, 0.25) is 5.91 Å². The lowest BCUT2D eigenvalue weighted by molar-refractivity contribution is 0.100. The van der Waals surface area contributed by atoms with Gasteiger partial charge in [-0.1, -0.05) is 23.8 Å². The summed E-state index contributed by atoms with van der Waals surface area (Å²) in [6.07, 6.45) is 0. The summed E-state index contributed by atoms with van der Waals surface area (Å²) in [6, 6.07) is 11.8. The minimum atomic E-state index is -0.481. The van der Waals surface area contributed by atoms with Crippen molar-refractivity contribution >= 4 is 11.6 Å². The van der Waals surface area contributed by atoms with Gasteiger partial charge in [0.25, 0.3) is 0 Å². The SMILES string of the molecule is Cc1ccc(F)c(CNc2cccc(C(N)=O)c2)c1. The molecule has 2 aromatic carbocycles. The maximum atomic E-state index is 13.6. The van der Waals surface area contributed by atoms with E-state index in [4.69, 9.17) is 5.73 Å². The predicted octanol–water partition coefficient (Wildman–Crippen LogP) is 2.85. The predicted molar refractivity (Wildman–Crippen MR) is 73.4 cm³/mol. The van der Waals surface area contributed by atoms with Crippen molar-refractivity contribution in [2.75, 3.05) is 5.32 Å². The molecule has 0 fully saturated rings. The lowest BCUT2D eigenvalue weighted by Crippen LogP contribution is -2.11. The van der Waals surface area contributed by atoms with Gasteiger partial charge in [-0.15, -0.1) is 0 Å². The van der Waals surface area contributed by atoms with Crippen LogP contribution in [0, 0.1) is 12.7 Å². The average molecular weight is 258 g/mol. The fourth-order valence-corrected chi connectivity index (χ4v) is 1.82. The van der Waals surface area contributed by atoms with Crippen LogP contribution in [0.15, 0.2) is 42.5 Å². The fourth-order valence-electron chi connectivity index (χ4n) is 1.82. The quantitative estimate of drug-likeness (QED) is 0.886. The minimum absolute atomic E-state index is 0.246. The van der Waals surface area contributed by atoms with E-state index >= 15 is 0 Å². The lowest BCUT2D eigenvalue weighted by atomic mass is 10.1. The van der Waals surface area contributed by atoms with E-state index in [0.29, 0.717) is 17.7 Å². The lowest BCUT2D eigenvalue weighted by Gasteiger charge is -2.09. The van der Waals surface area contributed by atoms with Gasteiger partial charge in [-0.05, 0) is 31.2 Å². The highest BCUT2D eigenvalue weighted by molar-refractivity contribution is 5.93. The van der Waals surface area contributed by atoms with Crippen LogP contribution in [-0.4, -0.2) is 5.91 Å². The molecule has 0 saturated heterocycles. The van der Waals surface area contributed by atoms with Crippen molar-refractivity contribution in [3.8, 4) is 0 Å². The number of rotatable bonds is 4. The number of amides is 1. The van der Waals surface area contributed by atoms with Gasteiger partial charge in [0.05, 0.1) is 0 Å². The number of carbonyl (C=O) groups is 1. The number of benzene rings is 2. The zero-order chi connectivity index (χ0) is 13.8. The van der Waals surface area contributed by atoms with E-state index in [-0.39, 0.29) is 5.82 Å². The fraction of sp³-hybridized carbons (Fsp3) is 0.133. The van der Waals surface area contributed by atoms with Gasteiger partial charge in [-0.3, -0.25) is 4.79 Å². The number of nitrogens with two attached hydrogens (primary N) is 1. The number of primary amides is 1. The van der Waals surface area contributed by atoms with E-state index in [1.54, 1.807) is 36.4 Å². The van der Waals surface area contributed by atoms with E-state index in [1.807, 2.05) is 6.92 Å². The largest absolute Gasteiger partial charge is 0.381 e. The van der Waals surface area contributed by atoms with Gasteiger partial charge >= 0.3 is 0 Å². The highest BCUT2D eigenvalue weighted by Crippen LogP contribution is 2.14. The monoisotopic (exact) mass is 258 g/mol. The number of carbonyl (C=O) groups excluding carboxylic acids is 1. The molecule has 0 aromatic heterocycles. The highest BCUT2D eigenvalue weighted by Gasteiger charge is 2.04. The zero-order valence-corrected chi connectivity index (χ0v) is 10.6. The number of halogens is 1. The van der Waals surface area contributed by atoms with Crippen LogP contribution >= 0.6 is 0 Å². The molecule has 0 bridgehead atoms. The topological polar surface area (TPSA) is 55.1 Å². The molecule has 0 radical (unpaired) electrons. The number of anilines is 1. The molecule has 4 heteroatoms. The van der Waals surface area contributed by atoms with Crippen LogP contribution in [0.2, 0.25) is 0 Å². The molecule has 0 spiro atoms. The Bertz CT molecular complexity index is 611. The summed E-state index contributed by atoms with van der Waals surface area (Å²) in [6.45, 7) is 2.27. The van der Waals surface area contributed by atoms with Crippen LogP contribution < -0.4 is 11.1 Å². The molecule has 0 saturated carbocycles. The van der Waals surface area contributed by atoms with Crippen LogP contribution in [0.3, 0.4) is 0 Å². The summed E-state index contributed by atoms with van der Waals surface area (Å²) >= 11 is 0. The van der Waals surface area contributed by atoms with Crippen molar-refractivity contribution in [3.63, 3.8) is 0 Å². The van der Waals surface area contributed by atoms with Crippen LogP contribution in [0.1, 0.15) is 21.5 Å². The standard InChI is InChI=1S/C15H15FN2O/c1-10-5-6-14(16)12(7-10)9-18-13-4-2-3-11(8-13)15(17)19/h2-8,18H,9H2,1H3,(H2,17,19). The van der Waals surface area contributed by atoms with E-state index in [0.717, 1.165) is 11.3 Å². The second-order valence-electron chi connectivity index (χ2n) is 4.39. The van der Waals surface area contributed by atoms with Crippen molar-refractivity contribution in [2.45, 2.75) is 13.5 Å². The first-order chi connectivity index (χ1) is 9.06. The summed E-state index contributed by atoms with van der Waals surface area (Å²) in [5.41, 5.74) is 7.96. The normalized spacial score (nSPS) is 10.2. The first-order valence-electron chi connectivity index (χ1n) is 5.95. The molecule has 0 atom stereocenters. The third-order valence-corrected chi connectivity index (χ3v) is 2.83. The summed E-state index contributed by atoms with van der Waals surface area (Å²) in [4.78, 5) is 11.1. The van der Waals surface area contributed by atoms with Crippen molar-refractivity contribution in [2.24, 2.45) is 5.73 Å².